The zero-order valence-electron chi connectivity index (χ0n) is 20.1. The fraction of sp³-hybridized carbons (Fsp3) is 0.308. The van der Waals surface area contributed by atoms with Crippen molar-refractivity contribution in [3.8, 4) is 0 Å². The minimum absolute atomic E-state index is 0.00291. The number of likely N-dealkylation sites (N-methyl/N-ethyl adjacent to an activating group) is 1. The van der Waals surface area contributed by atoms with Crippen molar-refractivity contribution in [1.29, 1.82) is 0 Å². The van der Waals surface area contributed by atoms with Crippen LogP contribution in [0, 0.1) is 23.3 Å². The minimum Gasteiger partial charge on any atom is -0.449 e. The number of rotatable bonds is 6. The van der Waals surface area contributed by atoms with Crippen LogP contribution in [0.15, 0.2) is 58.0 Å². The van der Waals surface area contributed by atoms with Gasteiger partial charge in [-0.25, -0.2) is 22.6 Å². The van der Waals surface area contributed by atoms with Gasteiger partial charge in [-0.05, 0) is 55.0 Å². The van der Waals surface area contributed by atoms with Crippen LogP contribution in [-0.4, -0.2) is 62.0 Å². The van der Waals surface area contributed by atoms with Gasteiger partial charge in [0.25, 0.3) is 0 Å². The topological polar surface area (TPSA) is 70.3 Å². The maximum absolute atomic E-state index is 15.0. The molecule has 1 saturated heterocycles. The molecule has 2 aliphatic rings. The summed E-state index contributed by atoms with van der Waals surface area (Å²) in [6, 6.07) is 7.33. The van der Waals surface area contributed by atoms with Crippen LogP contribution in [0.5, 0.6) is 0 Å². The molecule has 5 rings (SSSR count). The first-order chi connectivity index (χ1) is 18.2. The number of hydrogen-bond acceptors (Lipinski definition) is 6. The van der Waals surface area contributed by atoms with E-state index in [4.69, 9.17) is 20.8 Å². The molecule has 2 aromatic carbocycles. The summed E-state index contributed by atoms with van der Waals surface area (Å²) in [6.45, 7) is 1.98. The number of amides is 1. The standard InChI is InChI=1S/C26H23ClF4N4O3/c1-34-8-9-37-16(13-34)12-32-26(36)25-23(21-6-7-22(27)38-21)24(17-4-2-14(28)10-18(17)30)33-35(25)20-5-3-15(29)11-19(20)31/h2-7,10-11,16,23,25H,8-9,12-13H2,1H3,(H,32,36)/t16?,23-,25?/m1/s1. The minimum atomic E-state index is -1.29. The number of nitrogens with zero attached hydrogens (tertiary/aromatic N) is 3. The molecular formula is C26H23ClF4N4O3. The van der Waals surface area contributed by atoms with Crippen LogP contribution in [0.3, 0.4) is 0 Å². The summed E-state index contributed by atoms with van der Waals surface area (Å²) in [6.07, 6.45) is -0.290. The summed E-state index contributed by atoms with van der Waals surface area (Å²) in [5, 5.41) is 8.28. The molecule has 12 heteroatoms. The Bertz CT molecular complexity index is 1380. The summed E-state index contributed by atoms with van der Waals surface area (Å²) in [5.74, 6) is -5.09. The molecule has 200 valence electrons. The molecule has 0 spiro atoms. The molecule has 0 saturated carbocycles. The van der Waals surface area contributed by atoms with Gasteiger partial charge < -0.3 is 19.4 Å². The van der Waals surface area contributed by atoms with Crippen molar-refractivity contribution in [1.82, 2.24) is 10.2 Å². The van der Waals surface area contributed by atoms with Gasteiger partial charge in [-0.3, -0.25) is 4.79 Å². The number of anilines is 1. The van der Waals surface area contributed by atoms with Gasteiger partial charge in [0.15, 0.2) is 11.0 Å². The molecule has 0 bridgehead atoms. The molecule has 2 unspecified atom stereocenters. The van der Waals surface area contributed by atoms with Crippen LogP contribution in [0.1, 0.15) is 17.2 Å². The SMILES string of the molecule is CN1CCOC(CNC(=O)C2[C@H](c3ccc(Cl)o3)C(c3ccc(F)cc3F)=NN2c2ccc(F)cc2F)C1. The van der Waals surface area contributed by atoms with Crippen molar-refractivity contribution in [3.05, 3.63) is 88.3 Å². The predicted octanol–water partition coefficient (Wildman–Crippen LogP) is 4.31. The van der Waals surface area contributed by atoms with E-state index >= 15 is 0 Å². The molecule has 3 aromatic rings. The fourth-order valence-corrected chi connectivity index (χ4v) is 4.83. The number of halogens is 5. The average molecular weight is 551 g/mol. The first-order valence-electron chi connectivity index (χ1n) is 11.8. The Labute approximate surface area is 220 Å². The third kappa shape index (κ3) is 5.27. The third-order valence-electron chi connectivity index (χ3n) is 6.47. The number of carbonyl (C=O) groups is 1. The van der Waals surface area contributed by atoms with Crippen molar-refractivity contribution in [2.45, 2.75) is 18.1 Å². The van der Waals surface area contributed by atoms with E-state index in [2.05, 4.69) is 15.3 Å². The van der Waals surface area contributed by atoms with Gasteiger partial charge in [0.05, 0.1) is 30.0 Å². The van der Waals surface area contributed by atoms with Gasteiger partial charge in [0.2, 0.25) is 5.91 Å². The van der Waals surface area contributed by atoms with Gasteiger partial charge in [0.1, 0.15) is 29.3 Å². The van der Waals surface area contributed by atoms with Gasteiger partial charge in [0, 0.05) is 37.3 Å². The lowest BCUT2D eigenvalue weighted by molar-refractivity contribution is -0.123. The van der Waals surface area contributed by atoms with E-state index in [1.807, 2.05) is 7.05 Å². The third-order valence-corrected chi connectivity index (χ3v) is 6.67. The molecule has 0 radical (unpaired) electrons. The van der Waals surface area contributed by atoms with Crippen LogP contribution >= 0.6 is 11.6 Å². The van der Waals surface area contributed by atoms with Crippen LogP contribution in [0.2, 0.25) is 5.22 Å². The zero-order valence-corrected chi connectivity index (χ0v) is 20.9. The fourth-order valence-electron chi connectivity index (χ4n) is 4.68. The highest BCUT2D eigenvalue weighted by molar-refractivity contribution is 6.28. The summed E-state index contributed by atoms with van der Waals surface area (Å²) < 4.78 is 68.7. The van der Waals surface area contributed by atoms with E-state index < -0.39 is 41.1 Å². The summed E-state index contributed by atoms with van der Waals surface area (Å²) in [4.78, 5) is 15.8. The molecule has 38 heavy (non-hydrogen) atoms. The lowest BCUT2D eigenvalue weighted by atomic mass is 9.88. The summed E-state index contributed by atoms with van der Waals surface area (Å²) in [7, 11) is 1.93. The van der Waals surface area contributed by atoms with Crippen LogP contribution in [0.25, 0.3) is 0 Å². The van der Waals surface area contributed by atoms with Crippen molar-refractivity contribution < 1.29 is 31.5 Å². The van der Waals surface area contributed by atoms with E-state index in [0.29, 0.717) is 25.3 Å². The normalized spacial score (nSPS) is 22.0. The molecule has 1 aromatic heterocycles. The number of furan rings is 1. The van der Waals surface area contributed by atoms with Crippen molar-refractivity contribution in [2.75, 3.05) is 38.3 Å². The van der Waals surface area contributed by atoms with E-state index in [1.54, 1.807) is 0 Å². The number of carbonyl (C=O) groups excluding carboxylic acids is 1. The Morgan fingerprint density at radius 1 is 1.08 bits per heavy atom. The van der Waals surface area contributed by atoms with Gasteiger partial charge >= 0.3 is 0 Å². The number of nitrogens with one attached hydrogen (secondary N) is 1. The highest BCUT2D eigenvalue weighted by Crippen LogP contribution is 2.40. The Morgan fingerprint density at radius 3 is 2.47 bits per heavy atom. The smallest absolute Gasteiger partial charge is 0.246 e. The molecular weight excluding hydrogens is 528 g/mol. The van der Waals surface area contributed by atoms with Crippen molar-refractivity contribution in [2.24, 2.45) is 5.10 Å². The maximum Gasteiger partial charge on any atom is 0.246 e. The highest BCUT2D eigenvalue weighted by Gasteiger charge is 2.47. The van der Waals surface area contributed by atoms with Crippen LogP contribution in [0.4, 0.5) is 23.2 Å². The van der Waals surface area contributed by atoms with Gasteiger partial charge in [-0.15, -0.1) is 0 Å². The Morgan fingerprint density at radius 2 is 1.82 bits per heavy atom. The number of benzene rings is 2. The average Bonchev–Trinajstić information content (AvgIpc) is 3.46. The highest BCUT2D eigenvalue weighted by atomic mass is 35.5. The monoisotopic (exact) mass is 550 g/mol. The molecule has 1 fully saturated rings. The van der Waals surface area contributed by atoms with E-state index in [0.717, 1.165) is 29.8 Å². The van der Waals surface area contributed by atoms with Gasteiger partial charge in [-0.1, -0.05) is 0 Å². The van der Waals surface area contributed by atoms with Crippen LogP contribution in [-0.2, 0) is 9.53 Å². The van der Waals surface area contributed by atoms with E-state index in [9.17, 15) is 22.4 Å². The quantitative estimate of drug-likeness (QED) is 0.463. The number of morpholine rings is 1. The van der Waals surface area contributed by atoms with Gasteiger partial charge in [-0.2, -0.15) is 5.10 Å². The molecule has 1 N–H and O–H groups in total. The molecule has 1 amide bonds. The van der Waals surface area contributed by atoms with E-state index in [-0.39, 0.29) is 40.6 Å². The van der Waals surface area contributed by atoms with E-state index in [1.165, 1.54) is 18.2 Å². The molecule has 3 heterocycles. The number of ether oxygens (including phenoxy) is 1. The predicted molar refractivity (Wildman–Crippen MR) is 132 cm³/mol. The molecule has 3 atom stereocenters. The lowest BCUT2D eigenvalue weighted by Crippen LogP contribution is -2.51. The molecule has 2 aliphatic heterocycles. The largest absolute Gasteiger partial charge is 0.449 e. The first-order valence-corrected chi connectivity index (χ1v) is 12.2. The van der Waals surface area contributed by atoms with Crippen molar-refractivity contribution >= 4 is 28.9 Å². The Balaban J connectivity index is 1.58. The summed E-state index contributed by atoms with van der Waals surface area (Å²) in [5.41, 5.74) is -0.365. The Kier molecular flexibility index (Phi) is 7.42. The number of hydrogen-bond donors (Lipinski definition) is 1. The Hall–Kier alpha value is -3.41. The maximum atomic E-state index is 15.0. The second kappa shape index (κ2) is 10.8. The second-order valence-electron chi connectivity index (χ2n) is 9.11. The van der Waals surface area contributed by atoms with Crippen LogP contribution < -0.4 is 10.3 Å². The molecule has 7 nitrogen and oxygen atoms in total. The second-order valence-corrected chi connectivity index (χ2v) is 9.49. The lowest BCUT2D eigenvalue weighted by Gasteiger charge is -2.31. The van der Waals surface area contributed by atoms with Crippen molar-refractivity contribution in [3.63, 3.8) is 0 Å². The molecule has 0 aliphatic carbocycles. The number of hydrazone groups is 1. The first kappa shape index (κ1) is 26.2. The summed E-state index contributed by atoms with van der Waals surface area (Å²) >= 11 is 6.02. The zero-order chi connectivity index (χ0) is 27.0.